The van der Waals surface area contributed by atoms with Crippen molar-refractivity contribution in [3.05, 3.63) is 35.4 Å². The number of rotatable bonds is 7. The normalized spacial score (nSPS) is 21.1. The van der Waals surface area contributed by atoms with Crippen LogP contribution in [0.1, 0.15) is 43.7 Å². The van der Waals surface area contributed by atoms with Crippen LogP contribution in [0.4, 0.5) is 13.2 Å². The van der Waals surface area contributed by atoms with Gasteiger partial charge in [0.25, 0.3) is 0 Å². The molecule has 1 fully saturated rings. The fourth-order valence-electron chi connectivity index (χ4n) is 2.93. The molecule has 0 bridgehead atoms. The summed E-state index contributed by atoms with van der Waals surface area (Å²) in [6.45, 7) is 1.90. The van der Waals surface area contributed by atoms with Crippen LogP contribution >= 0.6 is 0 Å². The van der Waals surface area contributed by atoms with E-state index in [1.807, 2.05) is 19.1 Å². The monoisotopic (exact) mass is 387 g/mol. The standard InChI is InChI=1S/C19H28F3N3O2/c1-2-23-18(25-16-7-9-17(26)10-8-16)24-11-14-3-5-15(6-4-14)12-27-13-19(20,21)22/h3-6,16-17,26H,2,7-13H2,1H3,(H2,23,24,25). The molecule has 1 aliphatic rings. The van der Waals surface area contributed by atoms with Crippen LogP contribution in [-0.4, -0.2) is 42.5 Å². The van der Waals surface area contributed by atoms with E-state index < -0.39 is 12.8 Å². The zero-order valence-electron chi connectivity index (χ0n) is 15.6. The molecule has 0 heterocycles. The van der Waals surface area contributed by atoms with Crippen LogP contribution in [0.25, 0.3) is 0 Å². The molecule has 152 valence electrons. The second-order valence-electron chi connectivity index (χ2n) is 6.77. The van der Waals surface area contributed by atoms with E-state index in [2.05, 4.69) is 20.4 Å². The second-order valence-corrected chi connectivity index (χ2v) is 6.77. The number of aliphatic imine (C=N–C) groups is 1. The number of aliphatic hydroxyl groups is 1. The van der Waals surface area contributed by atoms with Gasteiger partial charge in [0.2, 0.25) is 0 Å². The van der Waals surface area contributed by atoms with Crippen LogP contribution in [0.5, 0.6) is 0 Å². The summed E-state index contributed by atoms with van der Waals surface area (Å²) < 4.78 is 40.9. The first-order valence-corrected chi connectivity index (χ1v) is 9.31. The van der Waals surface area contributed by atoms with Gasteiger partial charge >= 0.3 is 6.18 Å². The Labute approximate surface area is 158 Å². The van der Waals surface area contributed by atoms with Crippen molar-refractivity contribution < 1.29 is 23.0 Å². The third-order valence-electron chi connectivity index (χ3n) is 4.36. The number of benzene rings is 1. The van der Waals surface area contributed by atoms with Crippen LogP contribution in [0.15, 0.2) is 29.3 Å². The van der Waals surface area contributed by atoms with E-state index in [0.29, 0.717) is 18.2 Å². The molecule has 0 amide bonds. The molecule has 0 aliphatic heterocycles. The van der Waals surface area contributed by atoms with Crippen molar-refractivity contribution in [1.29, 1.82) is 0 Å². The van der Waals surface area contributed by atoms with Crippen molar-refractivity contribution in [3.63, 3.8) is 0 Å². The predicted octanol–water partition coefficient (Wildman–Crippen LogP) is 3.12. The van der Waals surface area contributed by atoms with Crippen molar-refractivity contribution in [2.24, 2.45) is 4.99 Å². The molecule has 0 atom stereocenters. The number of ether oxygens (including phenoxy) is 1. The van der Waals surface area contributed by atoms with Gasteiger partial charge in [-0.25, -0.2) is 4.99 Å². The van der Waals surface area contributed by atoms with Crippen LogP contribution in [0.3, 0.4) is 0 Å². The largest absolute Gasteiger partial charge is 0.411 e. The van der Waals surface area contributed by atoms with Crippen molar-refractivity contribution in [1.82, 2.24) is 10.6 Å². The molecule has 8 heteroatoms. The van der Waals surface area contributed by atoms with Crippen LogP contribution in [0, 0.1) is 0 Å². The summed E-state index contributed by atoms with van der Waals surface area (Å²) >= 11 is 0. The molecule has 5 nitrogen and oxygen atoms in total. The summed E-state index contributed by atoms with van der Waals surface area (Å²) in [5.74, 6) is 0.733. The highest BCUT2D eigenvalue weighted by molar-refractivity contribution is 5.80. The maximum absolute atomic E-state index is 12.1. The third kappa shape index (κ3) is 8.62. The SMILES string of the molecule is CCNC(=NCc1ccc(COCC(F)(F)F)cc1)NC1CCC(O)CC1. The topological polar surface area (TPSA) is 65.9 Å². The van der Waals surface area contributed by atoms with Crippen molar-refractivity contribution in [2.75, 3.05) is 13.2 Å². The van der Waals surface area contributed by atoms with Gasteiger partial charge in [-0.15, -0.1) is 0 Å². The van der Waals surface area contributed by atoms with Crippen LogP contribution < -0.4 is 10.6 Å². The molecule has 2 rings (SSSR count). The van der Waals surface area contributed by atoms with Crippen LogP contribution in [-0.2, 0) is 17.9 Å². The maximum atomic E-state index is 12.1. The molecule has 0 unspecified atom stereocenters. The Morgan fingerprint density at radius 2 is 1.78 bits per heavy atom. The average molecular weight is 387 g/mol. The lowest BCUT2D eigenvalue weighted by molar-refractivity contribution is -0.176. The fraction of sp³-hybridized carbons (Fsp3) is 0.632. The first-order chi connectivity index (χ1) is 12.9. The number of hydrogen-bond donors (Lipinski definition) is 3. The number of nitrogens with zero attached hydrogens (tertiary/aromatic N) is 1. The van der Waals surface area contributed by atoms with E-state index in [0.717, 1.165) is 43.8 Å². The molecule has 0 aromatic heterocycles. The Morgan fingerprint density at radius 3 is 2.37 bits per heavy atom. The van der Waals surface area contributed by atoms with Gasteiger partial charge in [-0.2, -0.15) is 13.2 Å². The quantitative estimate of drug-likeness (QED) is 0.497. The Balaban J connectivity index is 1.83. The minimum absolute atomic E-state index is 0.0687. The van der Waals surface area contributed by atoms with E-state index in [1.165, 1.54) is 0 Å². The lowest BCUT2D eigenvalue weighted by atomic mass is 9.93. The summed E-state index contributed by atoms with van der Waals surface area (Å²) in [5.41, 5.74) is 1.66. The molecule has 0 spiro atoms. The van der Waals surface area contributed by atoms with Crippen molar-refractivity contribution >= 4 is 5.96 Å². The number of halogens is 3. The highest BCUT2D eigenvalue weighted by atomic mass is 19.4. The highest BCUT2D eigenvalue weighted by Crippen LogP contribution is 2.18. The number of guanidine groups is 1. The van der Waals surface area contributed by atoms with Gasteiger partial charge in [0, 0.05) is 12.6 Å². The molecule has 1 aromatic rings. The lowest BCUT2D eigenvalue weighted by Gasteiger charge is -2.27. The minimum atomic E-state index is -4.30. The summed E-state index contributed by atoms with van der Waals surface area (Å²) in [7, 11) is 0. The average Bonchev–Trinajstić information content (AvgIpc) is 2.62. The van der Waals surface area contributed by atoms with Gasteiger partial charge in [0.05, 0.1) is 19.3 Å². The van der Waals surface area contributed by atoms with E-state index in [1.54, 1.807) is 12.1 Å². The predicted molar refractivity (Wildman–Crippen MR) is 98.4 cm³/mol. The molecule has 0 radical (unpaired) electrons. The van der Waals surface area contributed by atoms with Gasteiger partial charge in [-0.1, -0.05) is 24.3 Å². The van der Waals surface area contributed by atoms with Gasteiger partial charge in [-0.05, 0) is 43.7 Å². The van der Waals surface area contributed by atoms with E-state index >= 15 is 0 Å². The molecule has 1 aromatic carbocycles. The first-order valence-electron chi connectivity index (χ1n) is 9.31. The Bertz CT molecular complexity index is 583. The molecule has 1 aliphatic carbocycles. The van der Waals surface area contributed by atoms with Gasteiger partial charge < -0.3 is 20.5 Å². The Morgan fingerprint density at radius 1 is 1.15 bits per heavy atom. The number of aliphatic hydroxyl groups excluding tert-OH is 1. The summed E-state index contributed by atoms with van der Waals surface area (Å²) in [4.78, 5) is 4.57. The molecular weight excluding hydrogens is 359 g/mol. The smallest absolute Gasteiger partial charge is 0.393 e. The zero-order chi connectivity index (χ0) is 19.7. The summed E-state index contributed by atoms with van der Waals surface area (Å²) in [6, 6.07) is 7.50. The second kappa shape index (κ2) is 10.5. The number of hydrogen-bond acceptors (Lipinski definition) is 3. The lowest BCUT2D eigenvalue weighted by Crippen LogP contribution is -2.45. The van der Waals surface area contributed by atoms with E-state index in [-0.39, 0.29) is 12.7 Å². The third-order valence-corrected chi connectivity index (χ3v) is 4.36. The number of alkyl halides is 3. The molecule has 1 saturated carbocycles. The molecule has 0 saturated heterocycles. The zero-order valence-corrected chi connectivity index (χ0v) is 15.6. The van der Waals surface area contributed by atoms with E-state index in [9.17, 15) is 18.3 Å². The Kier molecular flexibility index (Phi) is 8.37. The fourth-order valence-corrected chi connectivity index (χ4v) is 2.93. The molecule has 3 N–H and O–H groups in total. The maximum Gasteiger partial charge on any atom is 0.411 e. The minimum Gasteiger partial charge on any atom is -0.393 e. The summed E-state index contributed by atoms with van der Waals surface area (Å²) in [6.07, 6.45) is -1.07. The highest BCUT2D eigenvalue weighted by Gasteiger charge is 2.27. The summed E-state index contributed by atoms with van der Waals surface area (Å²) in [5, 5.41) is 16.2. The van der Waals surface area contributed by atoms with Crippen molar-refractivity contribution in [2.45, 2.75) is 64.1 Å². The van der Waals surface area contributed by atoms with Gasteiger partial charge in [-0.3, -0.25) is 0 Å². The first kappa shape index (κ1) is 21.5. The number of nitrogens with one attached hydrogen (secondary N) is 2. The van der Waals surface area contributed by atoms with E-state index in [4.69, 9.17) is 0 Å². The van der Waals surface area contributed by atoms with Gasteiger partial charge in [0.15, 0.2) is 5.96 Å². The van der Waals surface area contributed by atoms with Gasteiger partial charge in [0.1, 0.15) is 6.61 Å². The van der Waals surface area contributed by atoms with Crippen LogP contribution in [0.2, 0.25) is 0 Å². The Hall–Kier alpha value is -1.80. The van der Waals surface area contributed by atoms with Crippen molar-refractivity contribution in [3.8, 4) is 0 Å². The molecule has 27 heavy (non-hydrogen) atoms. The molecular formula is C19H28F3N3O2.